The molecule has 6 heteroatoms. The molecule has 0 spiro atoms. The molecular formula is C16H18F3N3. The number of aromatic nitrogens is 3. The van der Waals surface area contributed by atoms with Gasteiger partial charge in [-0.3, -0.25) is 0 Å². The highest BCUT2D eigenvalue weighted by Crippen LogP contribution is 2.31. The second kappa shape index (κ2) is 6.10. The first-order valence-electron chi connectivity index (χ1n) is 7.58. The molecule has 0 saturated heterocycles. The number of nitrogens with zero attached hydrogens (tertiary/aromatic N) is 3. The summed E-state index contributed by atoms with van der Waals surface area (Å²) in [6, 6.07) is 5.19. The maximum absolute atomic E-state index is 12.5. The number of hydrogen-bond acceptors (Lipinski definition) is 2. The lowest BCUT2D eigenvalue weighted by Crippen LogP contribution is -2.06. The monoisotopic (exact) mass is 309 g/mol. The highest BCUT2D eigenvalue weighted by molar-refractivity contribution is 5.24. The fourth-order valence-corrected chi connectivity index (χ4v) is 2.96. The SMILES string of the molecule is FC(F)(F)c1ccc(Cn2cc(C3CCCCC3)nn2)cc1. The quantitative estimate of drug-likeness (QED) is 0.841. The summed E-state index contributed by atoms with van der Waals surface area (Å²) in [5.41, 5.74) is 1.16. The summed E-state index contributed by atoms with van der Waals surface area (Å²) in [5, 5.41) is 8.33. The van der Waals surface area contributed by atoms with E-state index in [1.165, 1.54) is 31.4 Å². The molecule has 0 unspecified atom stereocenters. The van der Waals surface area contributed by atoms with E-state index in [2.05, 4.69) is 10.3 Å². The maximum atomic E-state index is 12.5. The fourth-order valence-electron chi connectivity index (χ4n) is 2.96. The lowest BCUT2D eigenvalue weighted by Gasteiger charge is -2.18. The normalized spacial score (nSPS) is 16.9. The Morgan fingerprint density at radius 1 is 1.05 bits per heavy atom. The van der Waals surface area contributed by atoms with Crippen LogP contribution in [0.4, 0.5) is 13.2 Å². The summed E-state index contributed by atoms with van der Waals surface area (Å²) in [7, 11) is 0. The van der Waals surface area contributed by atoms with Gasteiger partial charge in [0.1, 0.15) is 0 Å². The van der Waals surface area contributed by atoms with Crippen molar-refractivity contribution in [2.75, 3.05) is 0 Å². The van der Waals surface area contributed by atoms with Gasteiger partial charge in [-0.1, -0.05) is 36.6 Å². The molecule has 22 heavy (non-hydrogen) atoms. The van der Waals surface area contributed by atoms with Crippen LogP contribution >= 0.6 is 0 Å². The number of benzene rings is 1. The molecule has 0 amide bonds. The summed E-state index contributed by atoms with van der Waals surface area (Å²) < 4.78 is 39.3. The Balaban J connectivity index is 1.67. The third kappa shape index (κ3) is 3.48. The maximum Gasteiger partial charge on any atom is 0.416 e. The summed E-state index contributed by atoms with van der Waals surface area (Å²) in [5.74, 6) is 0.482. The molecular weight excluding hydrogens is 291 g/mol. The van der Waals surface area contributed by atoms with E-state index in [0.29, 0.717) is 12.5 Å². The first-order chi connectivity index (χ1) is 10.5. The minimum Gasteiger partial charge on any atom is -0.248 e. The van der Waals surface area contributed by atoms with Gasteiger partial charge in [0.2, 0.25) is 0 Å². The van der Waals surface area contributed by atoms with Crippen LogP contribution in [0.2, 0.25) is 0 Å². The van der Waals surface area contributed by atoms with E-state index in [1.54, 1.807) is 4.68 Å². The van der Waals surface area contributed by atoms with Gasteiger partial charge in [0, 0.05) is 12.1 Å². The molecule has 3 nitrogen and oxygen atoms in total. The van der Waals surface area contributed by atoms with E-state index < -0.39 is 11.7 Å². The van der Waals surface area contributed by atoms with Crippen molar-refractivity contribution in [2.45, 2.75) is 50.7 Å². The molecule has 118 valence electrons. The first-order valence-corrected chi connectivity index (χ1v) is 7.58. The van der Waals surface area contributed by atoms with E-state index in [9.17, 15) is 13.2 Å². The van der Waals surface area contributed by atoms with Crippen molar-refractivity contribution in [3.63, 3.8) is 0 Å². The van der Waals surface area contributed by atoms with Crippen LogP contribution in [-0.4, -0.2) is 15.0 Å². The number of alkyl halides is 3. The molecule has 1 aromatic heterocycles. The van der Waals surface area contributed by atoms with Gasteiger partial charge in [0.25, 0.3) is 0 Å². The van der Waals surface area contributed by atoms with Gasteiger partial charge in [-0.05, 0) is 30.5 Å². The Kier molecular flexibility index (Phi) is 4.18. The Morgan fingerprint density at radius 3 is 2.36 bits per heavy atom. The van der Waals surface area contributed by atoms with Crippen LogP contribution in [0.15, 0.2) is 30.5 Å². The Morgan fingerprint density at radius 2 is 1.73 bits per heavy atom. The van der Waals surface area contributed by atoms with Crippen LogP contribution < -0.4 is 0 Å². The number of halogens is 3. The predicted octanol–water partition coefficient (Wildman–Crippen LogP) is 4.39. The molecule has 1 heterocycles. The minimum atomic E-state index is -4.29. The summed E-state index contributed by atoms with van der Waals surface area (Å²) in [6.07, 6.45) is 3.69. The van der Waals surface area contributed by atoms with Crippen molar-refractivity contribution in [3.05, 3.63) is 47.3 Å². The van der Waals surface area contributed by atoms with Crippen LogP contribution in [0.5, 0.6) is 0 Å². The largest absolute Gasteiger partial charge is 0.416 e. The second-order valence-electron chi connectivity index (χ2n) is 5.87. The van der Waals surface area contributed by atoms with Gasteiger partial charge in [-0.2, -0.15) is 13.2 Å². The van der Waals surface area contributed by atoms with E-state index in [-0.39, 0.29) is 0 Å². The van der Waals surface area contributed by atoms with Crippen LogP contribution in [0.3, 0.4) is 0 Å². The third-order valence-corrected chi connectivity index (χ3v) is 4.21. The molecule has 1 fully saturated rings. The standard InChI is InChI=1S/C16H18F3N3/c17-16(18,19)14-8-6-12(7-9-14)10-22-11-15(20-21-22)13-4-2-1-3-5-13/h6-9,11,13H,1-5,10H2. The van der Waals surface area contributed by atoms with Crippen LogP contribution in [0.25, 0.3) is 0 Å². The van der Waals surface area contributed by atoms with Crippen molar-refractivity contribution >= 4 is 0 Å². The van der Waals surface area contributed by atoms with Crippen molar-refractivity contribution in [1.82, 2.24) is 15.0 Å². The lowest BCUT2D eigenvalue weighted by atomic mass is 9.87. The smallest absolute Gasteiger partial charge is 0.248 e. The highest BCUT2D eigenvalue weighted by Gasteiger charge is 2.29. The predicted molar refractivity (Wildman–Crippen MR) is 76.4 cm³/mol. The molecule has 1 saturated carbocycles. The highest BCUT2D eigenvalue weighted by atomic mass is 19.4. The molecule has 3 rings (SSSR count). The van der Waals surface area contributed by atoms with Crippen molar-refractivity contribution in [1.29, 1.82) is 0 Å². The van der Waals surface area contributed by atoms with Gasteiger partial charge < -0.3 is 0 Å². The van der Waals surface area contributed by atoms with E-state index >= 15 is 0 Å². The molecule has 0 N–H and O–H groups in total. The van der Waals surface area contributed by atoms with Crippen molar-refractivity contribution < 1.29 is 13.2 Å². The minimum absolute atomic E-state index is 0.442. The summed E-state index contributed by atoms with van der Waals surface area (Å²) in [6.45, 7) is 0.442. The molecule has 1 aliphatic carbocycles. The van der Waals surface area contributed by atoms with Gasteiger partial charge in [-0.25, -0.2) is 4.68 Å². The molecule has 0 aliphatic heterocycles. The zero-order valence-electron chi connectivity index (χ0n) is 12.2. The molecule has 1 aliphatic rings. The van der Waals surface area contributed by atoms with E-state index in [1.807, 2.05) is 6.20 Å². The van der Waals surface area contributed by atoms with Crippen molar-refractivity contribution in [2.24, 2.45) is 0 Å². The zero-order valence-corrected chi connectivity index (χ0v) is 12.2. The lowest BCUT2D eigenvalue weighted by molar-refractivity contribution is -0.137. The van der Waals surface area contributed by atoms with E-state index in [4.69, 9.17) is 0 Å². The summed E-state index contributed by atoms with van der Waals surface area (Å²) in [4.78, 5) is 0. The average Bonchev–Trinajstić information content (AvgIpc) is 2.96. The van der Waals surface area contributed by atoms with Gasteiger partial charge in [0.15, 0.2) is 0 Å². The van der Waals surface area contributed by atoms with Gasteiger partial charge in [-0.15, -0.1) is 5.10 Å². The Bertz CT molecular complexity index is 610. The van der Waals surface area contributed by atoms with E-state index in [0.717, 1.165) is 36.2 Å². The fraction of sp³-hybridized carbons (Fsp3) is 0.500. The topological polar surface area (TPSA) is 30.7 Å². The van der Waals surface area contributed by atoms with Crippen LogP contribution in [-0.2, 0) is 12.7 Å². The Hall–Kier alpha value is -1.85. The number of rotatable bonds is 3. The van der Waals surface area contributed by atoms with Crippen LogP contribution in [0.1, 0.15) is 54.8 Å². The molecule has 0 bridgehead atoms. The third-order valence-electron chi connectivity index (χ3n) is 4.21. The molecule has 1 aromatic carbocycles. The first kappa shape index (κ1) is 15.1. The molecule has 2 aromatic rings. The van der Waals surface area contributed by atoms with Gasteiger partial charge in [0.05, 0.1) is 17.8 Å². The van der Waals surface area contributed by atoms with Crippen LogP contribution in [0, 0.1) is 0 Å². The van der Waals surface area contributed by atoms with Gasteiger partial charge >= 0.3 is 6.18 Å². The second-order valence-corrected chi connectivity index (χ2v) is 5.87. The number of hydrogen-bond donors (Lipinski definition) is 0. The molecule has 0 radical (unpaired) electrons. The molecule has 0 atom stereocenters. The average molecular weight is 309 g/mol. The summed E-state index contributed by atoms with van der Waals surface area (Å²) >= 11 is 0. The van der Waals surface area contributed by atoms with Crippen molar-refractivity contribution in [3.8, 4) is 0 Å². The zero-order chi connectivity index (χ0) is 15.6. The Labute approximate surface area is 127 Å².